The summed E-state index contributed by atoms with van der Waals surface area (Å²) in [7, 11) is 0. The predicted octanol–water partition coefficient (Wildman–Crippen LogP) is 2.82. The van der Waals surface area contributed by atoms with Gasteiger partial charge in [0.2, 0.25) is 11.8 Å². The molecule has 0 bridgehead atoms. The van der Waals surface area contributed by atoms with Crippen LogP contribution in [-0.2, 0) is 9.59 Å². The molecule has 1 aliphatic carbocycles. The number of nitrogens with zero attached hydrogens (tertiary/aromatic N) is 3. The Hall–Kier alpha value is -2.72. The molecule has 2 fully saturated rings. The first-order valence-corrected chi connectivity index (χ1v) is 15.1. The number of piperidine rings is 1. The van der Waals surface area contributed by atoms with E-state index in [-0.39, 0.29) is 36.2 Å². The number of benzene rings is 1. The smallest absolute Gasteiger partial charge is 0.236 e. The molecule has 0 radical (unpaired) electrons. The number of carbonyl (C=O) groups is 2. The molecule has 40 heavy (non-hydrogen) atoms. The van der Waals surface area contributed by atoms with Crippen molar-refractivity contribution < 1.29 is 14.0 Å². The number of nitrogens with one attached hydrogen (secondary N) is 1. The highest BCUT2D eigenvalue weighted by Crippen LogP contribution is 2.42. The molecule has 10 heteroatoms. The first-order chi connectivity index (χ1) is 19.2. The van der Waals surface area contributed by atoms with Gasteiger partial charge >= 0.3 is 0 Å². The molecular weight excluding hydrogens is 509 g/mol. The number of rotatable bonds is 11. The van der Waals surface area contributed by atoms with Crippen LogP contribution in [0.1, 0.15) is 83.1 Å². The van der Waals surface area contributed by atoms with E-state index in [4.69, 9.17) is 17.2 Å². The van der Waals surface area contributed by atoms with Crippen molar-refractivity contribution >= 4 is 23.5 Å². The highest BCUT2D eigenvalue weighted by atomic mass is 19.1. The first-order valence-electron chi connectivity index (χ1n) is 15.1. The minimum Gasteiger partial charge on any atom is -0.370 e. The fraction of sp³-hybridized carbons (Fsp3) is 0.700. The van der Waals surface area contributed by atoms with Gasteiger partial charge in [-0.3, -0.25) is 14.6 Å². The van der Waals surface area contributed by atoms with Gasteiger partial charge in [0, 0.05) is 44.0 Å². The molecule has 1 aromatic rings. The van der Waals surface area contributed by atoms with Crippen LogP contribution < -0.4 is 27.4 Å². The van der Waals surface area contributed by atoms with Gasteiger partial charge < -0.3 is 32.3 Å². The SMILES string of the molecule is CC(C)C1CCC(N2CCC(N3C(=O)C(CCNC(=O)[C@@H](N)CCCN=C(N)N)c4cc(F)ccc43)CC2)CC1. The molecule has 2 aliphatic heterocycles. The lowest BCUT2D eigenvalue weighted by molar-refractivity contribution is -0.123. The summed E-state index contributed by atoms with van der Waals surface area (Å²) in [4.78, 5) is 34.6. The molecule has 0 aromatic heterocycles. The molecular formula is C30H48FN7O2. The van der Waals surface area contributed by atoms with Crippen LogP contribution >= 0.6 is 0 Å². The quantitative estimate of drug-likeness (QED) is 0.187. The van der Waals surface area contributed by atoms with Crippen LogP contribution in [0.5, 0.6) is 0 Å². The van der Waals surface area contributed by atoms with E-state index < -0.39 is 12.0 Å². The molecule has 2 atom stereocenters. The Bertz CT molecular complexity index is 1040. The summed E-state index contributed by atoms with van der Waals surface area (Å²) in [6, 6.07) is 4.75. The Morgan fingerprint density at radius 3 is 2.45 bits per heavy atom. The second-order valence-electron chi connectivity index (χ2n) is 12.2. The molecule has 1 unspecified atom stereocenters. The summed E-state index contributed by atoms with van der Waals surface area (Å²) in [6.45, 7) is 7.35. The molecule has 222 valence electrons. The Kier molecular flexibility index (Phi) is 10.4. The van der Waals surface area contributed by atoms with Crippen LogP contribution in [0.15, 0.2) is 23.2 Å². The first kappa shape index (κ1) is 30.2. The third-order valence-corrected chi connectivity index (χ3v) is 9.26. The van der Waals surface area contributed by atoms with E-state index in [1.165, 1.54) is 37.8 Å². The van der Waals surface area contributed by atoms with Gasteiger partial charge in [0.05, 0.1) is 12.0 Å². The number of halogens is 1. The number of anilines is 1. The van der Waals surface area contributed by atoms with Gasteiger partial charge in [0.15, 0.2) is 5.96 Å². The van der Waals surface area contributed by atoms with Gasteiger partial charge in [-0.15, -0.1) is 0 Å². The van der Waals surface area contributed by atoms with Crippen LogP contribution in [0.3, 0.4) is 0 Å². The zero-order valence-corrected chi connectivity index (χ0v) is 24.2. The number of fused-ring (bicyclic) bond motifs is 1. The number of aliphatic imine (C=N–C) groups is 1. The van der Waals surface area contributed by atoms with E-state index in [0.29, 0.717) is 31.8 Å². The van der Waals surface area contributed by atoms with Gasteiger partial charge in [-0.25, -0.2) is 4.39 Å². The molecule has 9 nitrogen and oxygen atoms in total. The number of likely N-dealkylation sites (tertiary alicyclic amines) is 1. The Balaban J connectivity index is 1.31. The number of amides is 2. The summed E-state index contributed by atoms with van der Waals surface area (Å²) < 4.78 is 14.3. The van der Waals surface area contributed by atoms with Crippen LogP contribution in [-0.4, -0.2) is 67.0 Å². The average Bonchev–Trinajstić information content (AvgIpc) is 3.21. The van der Waals surface area contributed by atoms with E-state index in [1.807, 2.05) is 4.90 Å². The monoisotopic (exact) mass is 557 g/mol. The van der Waals surface area contributed by atoms with Crippen molar-refractivity contribution in [1.82, 2.24) is 10.2 Å². The summed E-state index contributed by atoms with van der Waals surface area (Å²) in [5.74, 6) is 0.526. The third kappa shape index (κ3) is 7.32. The lowest BCUT2D eigenvalue weighted by Gasteiger charge is -2.43. The average molecular weight is 558 g/mol. The maximum atomic E-state index is 14.3. The van der Waals surface area contributed by atoms with Crippen molar-refractivity contribution in [2.45, 2.75) is 95.7 Å². The van der Waals surface area contributed by atoms with Crippen molar-refractivity contribution in [1.29, 1.82) is 0 Å². The molecule has 4 rings (SSSR count). The number of guanidine groups is 1. The van der Waals surface area contributed by atoms with Gasteiger partial charge in [0.1, 0.15) is 5.82 Å². The number of carbonyl (C=O) groups excluding carboxylic acids is 2. The van der Waals surface area contributed by atoms with E-state index >= 15 is 0 Å². The second-order valence-corrected chi connectivity index (χ2v) is 12.2. The van der Waals surface area contributed by atoms with Crippen molar-refractivity contribution in [3.8, 4) is 0 Å². The number of hydrogen-bond acceptors (Lipinski definition) is 5. The lowest BCUT2D eigenvalue weighted by atomic mass is 9.79. The summed E-state index contributed by atoms with van der Waals surface area (Å²) in [5, 5.41) is 2.85. The largest absolute Gasteiger partial charge is 0.370 e. The molecule has 1 aromatic carbocycles. The zero-order chi connectivity index (χ0) is 28.8. The Labute approximate surface area is 238 Å². The van der Waals surface area contributed by atoms with Crippen molar-refractivity contribution in [3.05, 3.63) is 29.6 Å². The third-order valence-electron chi connectivity index (χ3n) is 9.26. The maximum absolute atomic E-state index is 14.3. The molecule has 1 saturated carbocycles. The Morgan fingerprint density at radius 1 is 1.10 bits per heavy atom. The summed E-state index contributed by atoms with van der Waals surface area (Å²) >= 11 is 0. The zero-order valence-electron chi connectivity index (χ0n) is 24.2. The van der Waals surface area contributed by atoms with Gasteiger partial charge in [-0.1, -0.05) is 13.8 Å². The summed E-state index contributed by atoms with van der Waals surface area (Å²) in [6.07, 6.45) is 8.45. The van der Waals surface area contributed by atoms with Crippen molar-refractivity contribution in [2.24, 2.45) is 34.0 Å². The summed E-state index contributed by atoms with van der Waals surface area (Å²) in [5.41, 5.74) is 18.2. The van der Waals surface area contributed by atoms with Crippen LogP contribution in [0.2, 0.25) is 0 Å². The van der Waals surface area contributed by atoms with Gasteiger partial charge in [0.25, 0.3) is 0 Å². The molecule has 2 amide bonds. The maximum Gasteiger partial charge on any atom is 0.236 e. The minimum absolute atomic E-state index is 0.00674. The van der Waals surface area contributed by atoms with Crippen molar-refractivity contribution in [2.75, 3.05) is 31.1 Å². The predicted molar refractivity (Wildman–Crippen MR) is 157 cm³/mol. The van der Waals surface area contributed by atoms with E-state index in [2.05, 4.69) is 29.1 Å². The molecule has 0 spiro atoms. The normalized spacial score (nSPS) is 24.7. The number of hydrogen-bond donors (Lipinski definition) is 4. The van der Waals surface area contributed by atoms with Crippen LogP contribution in [0, 0.1) is 17.7 Å². The second kappa shape index (κ2) is 13.8. The van der Waals surface area contributed by atoms with Crippen molar-refractivity contribution in [3.63, 3.8) is 0 Å². The van der Waals surface area contributed by atoms with Crippen LogP contribution in [0.25, 0.3) is 0 Å². The van der Waals surface area contributed by atoms with Gasteiger partial charge in [-0.05, 0) is 93.4 Å². The fourth-order valence-electron chi connectivity index (χ4n) is 6.86. The molecule has 2 heterocycles. The molecule has 3 aliphatic rings. The topological polar surface area (TPSA) is 143 Å². The highest BCUT2D eigenvalue weighted by Gasteiger charge is 2.42. The lowest BCUT2D eigenvalue weighted by Crippen LogP contribution is -2.50. The fourth-order valence-corrected chi connectivity index (χ4v) is 6.86. The van der Waals surface area contributed by atoms with E-state index in [1.54, 1.807) is 6.07 Å². The standard InChI is InChI=1S/C30H48FN7O2/c1-19(2)20-5-8-22(9-6-20)37-16-12-23(13-17-37)38-27-10-7-21(31)18-25(27)24(29(38)40)11-15-35-28(39)26(32)4-3-14-36-30(33)34/h7,10,18-20,22-24,26H,3-6,8-9,11-17,32H2,1-2H3,(H,35,39)(H4,33,34,36)/t20?,22?,24?,26-/m0/s1. The van der Waals surface area contributed by atoms with Crippen LogP contribution in [0.4, 0.5) is 10.1 Å². The van der Waals surface area contributed by atoms with E-state index in [9.17, 15) is 14.0 Å². The minimum atomic E-state index is -0.680. The Morgan fingerprint density at radius 2 is 1.80 bits per heavy atom. The molecule has 1 saturated heterocycles. The van der Waals surface area contributed by atoms with E-state index in [0.717, 1.165) is 49.0 Å². The number of nitrogens with two attached hydrogens (primary N) is 3. The van der Waals surface area contributed by atoms with Gasteiger partial charge in [-0.2, -0.15) is 0 Å². The highest BCUT2D eigenvalue weighted by molar-refractivity contribution is 6.05. The molecule has 7 N–H and O–H groups in total.